The Kier molecular flexibility index (Phi) is 4.11. The van der Waals surface area contributed by atoms with E-state index in [1.807, 2.05) is 30.5 Å². The molecule has 0 saturated heterocycles. The Balaban J connectivity index is 2.08. The highest BCUT2D eigenvalue weighted by Crippen LogP contribution is 2.25. The first-order valence-electron chi connectivity index (χ1n) is 5.67. The molecule has 0 radical (unpaired) electrons. The highest BCUT2D eigenvalue weighted by atomic mass is 32.1. The molecule has 0 spiro atoms. The van der Waals surface area contributed by atoms with Crippen molar-refractivity contribution in [3.8, 4) is 0 Å². The molecule has 0 fully saturated rings. The summed E-state index contributed by atoms with van der Waals surface area (Å²) in [4.78, 5) is 11.9. The highest BCUT2D eigenvalue weighted by molar-refractivity contribution is 7.10. The van der Waals surface area contributed by atoms with Crippen LogP contribution in [0.25, 0.3) is 0 Å². The molecule has 0 bridgehead atoms. The average Bonchev–Trinajstić information content (AvgIpc) is 3.01. The molecule has 0 aliphatic heterocycles. The van der Waals surface area contributed by atoms with E-state index in [0.717, 1.165) is 10.6 Å². The van der Waals surface area contributed by atoms with Gasteiger partial charge in [0.05, 0.1) is 18.2 Å². The van der Waals surface area contributed by atoms with Gasteiger partial charge in [0.15, 0.2) is 0 Å². The van der Waals surface area contributed by atoms with Gasteiger partial charge in [-0.1, -0.05) is 6.07 Å². The molecular weight excluding hydrogens is 250 g/mol. The maximum Gasteiger partial charge on any atom is 0.305 e. The summed E-state index contributed by atoms with van der Waals surface area (Å²) in [5.74, 6) is -0.808. The first-order valence-corrected chi connectivity index (χ1v) is 6.55. The van der Waals surface area contributed by atoms with Gasteiger partial charge in [0.25, 0.3) is 0 Å². The molecule has 0 aromatic carbocycles. The number of aliphatic carboxylic acids is 1. The molecule has 0 amide bonds. The lowest BCUT2D eigenvalue weighted by Crippen LogP contribution is -2.26. The minimum Gasteiger partial charge on any atom is -0.481 e. The maximum absolute atomic E-state index is 10.9. The molecule has 6 heteroatoms. The van der Waals surface area contributed by atoms with Gasteiger partial charge < -0.3 is 10.4 Å². The van der Waals surface area contributed by atoms with Crippen LogP contribution in [0.3, 0.4) is 0 Å². The monoisotopic (exact) mass is 265 g/mol. The zero-order chi connectivity index (χ0) is 13.0. The lowest BCUT2D eigenvalue weighted by Gasteiger charge is -2.20. The van der Waals surface area contributed by atoms with Crippen molar-refractivity contribution in [2.75, 3.05) is 0 Å². The quantitative estimate of drug-likeness (QED) is 0.749. The largest absolute Gasteiger partial charge is 0.481 e. The van der Waals surface area contributed by atoms with E-state index in [1.165, 1.54) is 0 Å². The third-order valence-electron chi connectivity index (χ3n) is 2.71. The van der Waals surface area contributed by atoms with Crippen molar-refractivity contribution < 1.29 is 9.90 Å². The summed E-state index contributed by atoms with van der Waals surface area (Å²) < 4.78 is 0. The Bertz CT molecular complexity index is 481. The first kappa shape index (κ1) is 12.8. The van der Waals surface area contributed by atoms with Crippen molar-refractivity contribution in [3.05, 3.63) is 40.3 Å². The molecule has 96 valence electrons. The summed E-state index contributed by atoms with van der Waals surface area (Å²) in [5, 5.41) is 21.0. The van der Waals surface area contributed by atoms with Crippen molar-refractivity contribution in [2.45, 2.75) is 25.4 Å². The van der Waals surface area contributed by atoms with Crippen LogP contribution in [0.2, 0.25) is 0 Å². The Morgan fingerprint density at radius 2 is 2.44 bits per heavy atom. The van der Waals surface area contributed by atoms with E-state index in [9.17, 15) is 4.79 Å². The van der Waals surface area contributed by atoms with Crippen molar-refractivity contribution in [2.24, 2.45) is 0 Å². The second-order valence-electron chi connectivity index (χ2n) is 4.07. The number of thiophene rings is 1. The van der Waals surface area contributed by atoms with Crippen LogP contribution in [-0.4, -0.2) is 21.3 Å². The van der Waals surface area contributed by atoms with E-state index in [2.05, 4.69) is 15.5 Å². The molecule has 5 nitrogen and oxygen atoms in total. The molecule has 2 heterocycles. The summed E-state index contributed by atoms with van der Waals surface area (Å²) in [6, 6.07) is 5.60. The van der Waals surface area contributed by atoms with Gasteiger partial charge >= 0.3 is 5.97 Å². The van der Waals surface area contributed by atoms with E-state index in [-0.39, 0.29) is 18.5 Å². The smallest absolute Gasteiger partial charge is 0.305 e. The Labute approximate surface area is 109 Å². The second kappa shape index (κ2) is 5.79. The minimum atomic E-state index is -0.808. The lowest BCUT2D eigenvalue weighted by molar-refractivity contribution is -0.137. The number of carboxylic acid groups (broad SMARTS) is 1. The van der Waals surface area contributed by atoms with Gasteiger partial charge in [-0.3, -0.25) is 9.89 Å². The third kappa shape index (κ3) is 3.18. The Morgan fingerprint density at radius 1 is 1.61 bits per heavy atom. The number of hydrogen-bond acceptors (Lipinski definition) is 4. The van der Waals surface area contributed by atoms with Crippen molar-refractivity contribution in [1.29, 1.82) is 0 Å². The molecule has 0 saturated carbocycles. The number of rotatable bonds is 6. The Hall–Kier alpha value is -1.66. The summed E-state index contributed by atoms with van der Waals surface area (Å²) in [7, 11) is 0. The van der Waals surface area contributed by atoms with Crippen LogP contribution in [0.4, 0.5) is 0 Å². The van der Waals surface area contributed by atoms with Gasteiger partial charge in [-0.05, 0) is 24.4 Å². The minimum absolute atomic E-state index is 0.0268. The van der Waals surface area contributed by atoms with Crippen LogP contribution in [0.15, 0.2) is 29.8 Å². The molecule has 2 aromatic rings. The fourth-order valence-electron chi connectivity index (χ4n) is 1.81. The topological polar surface area (TPSA) is 78.0 Å². The van der Waals surface area contributed by atoms with Gasteiger partial charge in [0, 0.05) is 17.1 Å². The van der Waals surface area contributed by atoms with Crippen LogP contribution < -0.4 is 5.32 Å². The molecule has 2 atom stereocenters. The van der Waals surface area contributed by atoms with Crippen LogP contribution in [0.1, 0.15) is 36.0 Å². The Morgan fingerprint density at radius 3 is 3.00 bits per heavy atom. The van der Waals surface area contributed by atoms with E-state index < -0.39 is 5.97 Å². The van der Waals surface area contributed by atoms with Gasteiger partial charge in [-0.25, -0.2) is 0 Å². The summed E-state index contributed by atoms with van der Waals surface area (Å²) in [6.45, 7) is 1.98. The van der Waals surface area contributed by atoms with Gasteiger partial charge in [0.1, 0.15) is 0 Å². The van der Waals surface area contributed by atoms with Crippen LogP contribution in [-0.2, 0) is 4.79 Å². The summed E-state index contributed by atoms with van der Waals surface area (Å²) in [6.07, 6.45) is 1.75. The predicted molar refractivity (Wildman–Crippen MR) is 69.5 cm³/mol. The summed E-state index contributed by atoms with van der Waals surface area (Å²) in [5.41, 5.74) is 0.946. The van der Waals surface area contributed by atoms with E-state index in [4.69, 9.17) is 5.11 Å². The molecule has 3 N–H and O–H groups in total. The number of nitrogens with one attached hydrogen (secondary N) is 2. The van der Waals surface area contributed by atoms with Crippen LogP contribution >= 0.6 is 11.3 Å². The SMILES string of the molecule is CC(NC(CC(=O)O)c1cccs1)c1ccn[nH]1. The van der Waals surface area contributed by atoms with Crippen LogP contribution in [0, 0.1) is 0 Å². The molecular formula is C12H15N3O2S. The fraction of sp³-hybridized carbons (Fsp3) is 0.333. The normalized spacial score (nSPS) is 14.3. The molecule has 0 aliphatic carbocycles. The number of nitrogens with zero attached hydrogens (tertiary/aromatic N) is 1. The highest BCUT2D eigenvalue weighted by Gasteiger charge is 2.19. The van der Waals surface area contributed by atoms with Crippen molar-refractivity contribution >= 4 is 17.3 Å². The summed E-state index contributed by atoms with van der Waals surface area (Å²) >= 11 is 1.56. The van der Waals surface area contributed by atoms with Crippen molar-refractivity contribution in [1.82, 2.24) is 15.5 Å². The predicted octanol–water partition coefficient (Wildman–Crippen LogP) is 2.34. The fourth-order valence-corrected chi connectivity index (χ4v) is 2.59. The number of carbonyl (C=O) groups is 1. The zero-order valence-corrected chi connectivity index (χ0v) is 10.8. The maximum atomic E-state index is 10.9. The third-order valence-corrected chi connectivity index (χ3v) is 3.69. The van der Waals surface area contributed by atoms with Gasteiger partial charge in [-0.2, -0.15) is 5.10 Å². The number of aromatic nitrogens is 2. The molecule has 2 unspecified atom stereocenters. The molecule has 0 aliphatic rings. The number of carboxylic acids is 1. The van der Waals surface area contributed by atoms with E-state index in [0.29, 0.717) is 0 Å². The number of aromatic amines is 1. The van der Waals surface area contributed by atoms with Crippen LogP contribution in [0.5, 0.6) is 0 Å². The standard InChI is InChI=1S/C12H15N3O2S/c1-8(9-4-5-13-15-9)14-10(7-12(16)17)11-3-2-6-18-11/h2-6,8,10,14H,7H2,1H3,(H,13,15)(H,16,17). The van der Waals surface area contributed by atoms with E-state index in [1.54, 1.807) is 17.5 Å². The average molecular weight is 265 g/mol. The van der Waals surface area contributed by atoms with Gasteiger partial charge in [-0.15, -0.1) is 11.3 Å². The lowest BCUT2D eigenvalue weighted by atomic mass is 10.1. The molecule has 2 rings (SSSR count). The number of H-pyrrole nitrogens is 1. The van der Waals surface area contributed by atoms with E-state index >= 15 is 0 Å². The molecule has 2 aromatic heterocycles. The van der Waals surface area contributed by atoms with Crippen molar-refractivity contribution in [3.63, 3.8) is 0 Å². The number of hydrogen-bond donors (Lipinski definition) is 3. The second-order valence-corrected chi connectivity index (χ2v) is 5.05. The van der Waals surface area contributed by atoms with Gasteiger partial charge in [0.2, 0.25) is 0 Å². The first-order chi connectivity index (χ1) is 8.66. The zero-order valence-electron chi connectivity index (χ0n) is 9.96. The molecule has 18 heavy (non-hydrogen) atoms.